The molecule has 1 unspecified atom stereocenters. The summed E-state index contributed by atoms with van der Waals surface area (Å²) in [7, 11) is 0. The highest BCUT2D eigenvalue weighted by molar-refractivity contribution is 7.17. The van der Waals surface area contributed by atoms with E-state index in [9.17, 15) is 0 Å². The maximum absolute atomic E-state index is 5.38. The molecule has 2 nitrogen and oxygen atoms in total. The molecule has 0 amide bonds. The van der Waals surface area contributed by atoms with Crippen molar-refractivity contribution in [3.05, 3.63) is 237 Å². The van der Waals surface area contributed by atoms with Crippen molar-refractivity contribution < 1.29 is 0 Å². The Kier molecular flexibility index (Phi) is 7.32. The van der Waals surface area contributed by atoms with E-state index < -0.39 is 5.41 Å². The Morgan fingerprint density at radius 3 is 2.07 bits per heavy atom. The van der Waals surface area contributed by atoms with Crippen LogP contribution in [0.4, 0.5) is 0 Å². The third kappa shape index (κ3) is 4.72. The van der Waals surface area contributed by atoms with E-state index in [1.165, 1.54) is 103 Å². The van der Waals surface area contributed by atoms with Crippen molar-refractivity contribution in [3.8, 4) is 44.5 Å². The minimum Gasteiger partial charge on any atom is -0.359 e. The van der Waals surface area contributed by atoms with Gasteiger partial charge in [-0.15, -0.1) is 11.3 Å². The number of hydrogen-bond donors (Lipinski definition) is 1. The molecule has 8 aromatic carbocycles. The van der Waals surface area contributed by atoms with Crippen molar-refractivity contribution in [1.29, 1.82) is 0 Å². The molecule has 1 atom stereocenters. The molecule has 13 rings (SSSR count). The second kappa shape index (κ2) is 13.0. The van der Waals surface area contributed by atoms with Gasteiger partial charge in [0.25, 0.3) is 0 Å². The van der Waals surface area contributed by atoms with Crippen LogP contribution in [0.5, 0.6) is 0 Å². The summed E-state index contributed by atoms with van der Waals surface area (Å²) in [5.41, 5.74) is 18.8. The van der Waals surface area contributed by atoms with Crippen molar-refractivity contribution in [3.63, 3.8) is 0 Å². The molecule has 60 heavy (non-hydrogen) atoms. The van der Waals surface area contributed by atoms with E-state index in [2.05, 4.69) is 199 Å². The number of nitrogens with zero attached hydrogens (tertiary/aromatic N) is 1. The summed E-state index contributed by atoms with van der Waals surface area (Å²) in [6, 6.07) is 65.9. The van der Waals surface area contributed by atoms with Gasteiger partial charge in [-0.3, -0.25) is 4.99 Å². The van der Waals surface area contributed by atoms with E-state index in [0.717, 1.165) is 23.9 Å². The van der Waals surface area contributed by atoms with Gasteiger partial charge >= 0.3 is 0 Å². The smallest absolute Gasteiger partial charge is 0.141 e. The quantitative estimate of drug-likeness (QED) is 0.189. The molecule has 0 radical (unpaired) electrons. The first-order chi connectivity index (χ1) is 29.8. The van der Waals surface area contributed by atoms with Crippen molar-refractivity contribution in [2.75, 3.05) is 0 Å². The van der Waals surface area contributed by atoms with Crippen LogP contribution in [0.15, 0.2) is 205 Å². The lowest BCUT2D eigenvalue weighted by atomic mass is 9.69. The number of hydrogen-bond acceptors (Lipinski definition) is 3. The van der Waals surface area contributed by atoms with Crippen molar-refractivity contribution in [2.45, 2.75) is 24.4 Å². The summed E-state index contributed by atoms with van der Waals surface area (Å²) >= 11 is 1.84. The van der Waals surface area contributed by atoms with Crippen LogP contribution in [0.3, 0.4) is 0 Å². The molecule has 1 aliphatic heterocycles. The predicted molar refractivity (Wildman–Crippen MR) is 250 cm³/mol. The number of allylic oxidation sites excluding steroid dienone is 3. The van der Waals surface area contributed by atoms with Crippen molar-refractivity contribution in [2.24, 2.45) is 4.99 Å². The molecule has 0 saturated heterocycles. The molecule has 1 spiro atoms. The van der Waals surface area contributed by atoms with Crippen LogP contribution in [0, 0.1) is 0 Å². The fraction of sp³-hybridized carbons (Fsp3) is 0.0702. The Hall–Kier alpha value is -7.07. The molecule has 0 bridgehead atoms. The van der Waals surface area contributed by atoms with Crippen LogP contribution < -0.4 is 15.2 Å². The second-order valence-corrected chi connectivity index (χ2v) is 17.5. The minimum absolute atomic E-state index is 0.103. The Labute approximate surface area is 352 Å². The third-order valence-electron chi connectivity index (χ3n) is 13.4. The van der Waals surface area contributed by atoms with Gasteiger partial charge < -0.3 is 5.32 Å². The first-order valence-corrected chi connectivity index (χ1v) is 21.9. The molecule has 4 aliphatic rings. The Morgan fingerprint density at radius 2 is 1.25 bits per heavy atom. The summed E-state index contributed by atoms with van der Waals surface area (Å²) in [5, 5.41) is 8.85. The van der Waals surface area contributed by atoms with Gasteiger partial charge in [-0.1, -0.05) is 170 Å². The van der Waals surface area contributed by atoms with Crippen molar-refractivity contribution >= 4 is 37.9 Å². The fourth-order valence-electron chi connectivity index (χ4n) is 10.8. The number of thiophene rings is 1. The van der Waals surface area contributed by atoms with Gasteiger partial charge in [0.1, 0.15) is 6.17 Å². The molecule has 3 heteroatoms. The van der Waals surface area contributed by atoms with Gasteiger partial charge in [0.2, 0.25) is 0 Å². The zero-order valence-electron chi connectivity index (χ0n) is 32.8. The maximum Gasteiger partial charge on any atom is 0.141 e. The largest absolute Gasteiger partial charge is 0.359 e. The van der Waals surface area contributed by atoms with E-state index in [4.69, 9.17) is 4.99 Å². The number of fused-ring (bicyclic) bond motifs is 15. The highest BCUT2D eigenvalue weighted by atomic mass is 32.1. The van der Waals surface area contributed by atoms with Crippen LogP contribution in [0.1, 0.15) is 40.7 Å². The Balaban J connectivity index is 1.07. The van der Waals surface area contributed by atoms with Crippen LogP contribution in [-0.2, 0) is 5.41 Å². The summed E-state index contributed by atoms with van der Waals surface area (Å²) in [5.74, 6) is 0. The second-order valence-electron chi connectivity index (χ2n) is 16.5. The van der Waals surface area contributed by atoms with Crippen LogP contribution >= 0.6 is 11.3 Å². The number of nitrogens with one attached hydrogen (secondary N) is 1. The lowest BCUT2D eigenvalue weighted by Gasteiger charge is -2.32. The normalized spacial score (nSPS) is 16.4. The van der Waals surface area contributed by atoms with E-state index in [1.807, 2.05) is 11.3 Å². The third-order valence-corrected chi connectivity index (χ3v) is 14.5. The van der Waals surface area contributed by atoms with E-state index in [1.54, 1.807) is 0 Å². The van der Waals surface area contributed by atoms with Gasteiger partial charge in [0.05, 0.1) is 21.0 Å². The van der Waals surface area contributed by atoms with Crippen LogP contribution in [0.25, 0.3) is 71.1 Å². The summed E-state index contributed by atoms with van der Waals surface area (Å²) in [6.07, 6.45) is 8.64. The van der Waals surface area contributed by atoms with Gasteiger partial charge in [0, 0.05) is 10.1 Å². The number of rotatable bonds is 4. The average molecular weight is 783 g/mol. The molecule has 3 aliphatic carbocycles. The molecule has 1 aromatic heterocycles. The first-order valence-electron chi connectivity index (χ1n) is 21.0. The van der Waals surface area contributed by atoms with Gasteiger partial charge in [-0.25, -0.2) is 0 Å². The molecule has 0 fully saturated rings. The molecular formula is C57H38N2S. The monoisotopic (exact) mass is 782 g/mol. The van der Waals surface area contributed by atoms with Crippen LogP contribution in [0.2, 0.25) is 0 Å². The summed E-state index contributed by atoms with van der Waals surface area (Å²) in [4.78, 5) is 5.38. The first kappa shape index (κ1) is 33.9. The molecular weight excluding hydrogens is 745 g/mol. The zero-order valence-corrected chi connectivity index (χ0v) is 33.6. The Bertz CT molecular complexity index is 3430. The lowest BCUT2D eigenvalue weighted by Crippen LogP contribution is -2.42. The highest BCUT2D eigenvalue weighted by Gasteiger charge is 2.53. The van der Waals surface area contributed by atoms with E-state index >= 15 is 0 Å². The van der Waals surface area contributed by atoms with Gasteiger partial charge in [-0.2, -0.15) is 0 Å². The predicted octanol–water partition coefficient (Wildman–Crippen LogP) is 12.7. The highest BCUT2D eigenvalue weighted by Crippen LogP contribution is 2.65. The minimum atomic E-state index is -0.502. The van der Waals surface area contributed by atoms with Gasteiger partial charge in [-0.05, 0) is 126 Å². The molecule has 2 heterocycles. The number of benzene rings is 8. The van der Waals surface area contributed by atoms with Gasteiger partial charge in [0.15, 0.2) is 0 Å². The van der Waals surface area contributed by atoms with E-state index in [0.29, 0.717) is 0 Å². The summed E-state index contributed by atoms with van der Waals surface area (Å²) in [6.45, 7) is 0. The maximum atomic E-state index is 5.38. The zero-order chi connectivity index (χ0) is 39.4. The molecule has 9 aromatic rings. The average Bonchev–Trinajstić information content (AvgIpc) is 3.96. The summed E-state index contributed by atoms with van der Waals surface area (Å²) < 4.78 is 2.47. The lowest BCUT2D eigenvalue weighted by molar-refractivity contribution is 0.648. The molecule has 1 N–H and O–H groups in total. The van der Waals surface area contributed by atoms with Crippen LogP contribution in [-0.4, -0.2) is 6.17 Å². The Morgan fingerprint density at radius 1 is 0.550 bits per heavy atom. The van der Waals surface area contributed by atoms with Crippen molar-refractivity contribution in [1.82, 2.24) is 5.32 Å². The van der Waals surface area contributed by atoms with E-state index in [-0.39, 0.29) is 6.17 Å². The topological polar surface area (TPSA) is 24.4 Å². The fourth-order valence-corrected chi connectivity index (χ4v) is 12.0. The molecule has 0 saturated carbocycles. The SMILES string of the molecule is C1=CCCC(C2N=c3c(sc4ccccc34)=C(c3cccc(-c4ccc5c(c4)C4(c6ccccc6-c6ccccc64)c4c-5c(-c5ccccc5)cc5ccccc45)c3)N2)=C1. The standard InChI is InChI=1S/C57H38N2S/c1-3-16-35(17-4-1)46-33-39-20-7-8-23-41(39)52-51(46)44-31-30-38(34-49(44)57(52)47-27-12-9-24-42(47)43-25-10-13-28-48(43)57)37-21-15-22-40(32-37)53-55-54(45-26-11-14-29-50(45)60-55)59-56(58-53)36-18-5-2-6-19-36/h1-5,7-18,20-34,56,58H,6,19H2. The molecule has 282 valence electrons.